The number of amides is 1. The molecule has 1 aliphatic heterocycles. The topological polar surface area (TPSA) is 94.7 Å². The van der Waals surface area contributed by atoms with Crippen molar-refractivity contribution >= 4 is 5.91 Å². The highest BCUT2D eigenvalue weighted by molar-refractivity contribution is 5.93. The van der Waals surface area contributed by atoms with Gasteiger partial charge < -0.3 is 5.32 Å². The summed E-state index contributed by atoms with van der Waals surface area (Å²) in [5.74, 6) is 1.19. The van der Waals surface area contributed by atoms with Crippen molar-refractivity contribution in [2.75, 3.05) is 0 Å². The molecule has 0 saturated carbocycles. The summed E-state index contributed by atoms with van der Waals surface area (Å²) in [5.41, 5.74) is 0.453. The fourth-order valence-electron chi connectivity index (χ4n) is 2.99. The number of nitrogens with one attached hydrogen (secondary N) is 1. The van der Waals surface area contributed by atoms with Crippen molar-refractivity contribution in [1.29, 1.82) is 0 Å². The summed E-state index contributed by atoms with van der Waals surface area (Å²) in [6.07, 6.45) is 6.05. The van der Waals surface area contributed by atoms with Gasteiger partial charge in [0.1, 0.15) is 5.82 Å². The maximum absolute atomic E-state index is 12.5. The number of carbonyl (C=O) groups excluding carboxylic acids is 1. The molecule has 1 atom stereocenters. The van der Waals surface area contributed by atoms with Crippen molar-refractivity contribution in [3.63, 3.8) is 0 Å². The van der Waals surface area contributed by atoms with Crippen LogP contribution in [0.1, 0.15) is 49.3 Å². The van der Waals surface area contributed by atoms with Crippen LogP contribution in [0, 0.1) is 5.92 Å². The predicted octanol–water partition coefficient (Wildman–Crippen LogP) is 1.02. The highest BCUT2D eigenvalue weighted by Crippen LogP contribution is 2.13. The summed E-state index contributed by atoms with van der Waals surface area (Å²) in [6, 6.07) is 1.66. The molecule has 0 aromatic carbocycles. The van der Waals surface area contributed by atoms with Gasteiger partial charge in [0.15, 0.2) is 0 Å². The predicted molar refractivity (Wildman–Crippen MR) is 92.2 cm³/mol. The number of hydrogen-bond donors (Lipinski definition) is 1. The Bertz CT molecular complexity index is 780. The number of carbonyl (C=O) groups is 1. The van der Waals surface area contributed by atoms with Gasteiger partial charge in [-0.05, 0) is 31.2 Å². The van der Waals surface area contributed by atoms with E-state index in [1.165, 1.54) is 12.4 Å². The first kappa shape index (κ1) is 17.3. The minimum Gasteiger partial charge on any atom is -0.349 e. The zero-order valence-corrected chi connectivity index (χ0v) is 14.7. The second-order valence-electron chi connectivity index (χ2n) is 6.88. The van der Waals surface area contributed by atoms with Gasteiger partial charge in [-0.25, -0.2) is 9.48 Å². The van der Waals surface area contributed by atoms with Crippen molar-refractivity contribution in [2.45, 2.75) is 58.7 Å². The Morgan fingerprint density at radius 3 is 2.92 bits per heavy atom. The van der Waals surface area contributed by atoms with Gasteiger partial charge in [-0.3, -0.25) is 9.36 Å². The van der Waals surface area contributed by atoms with E-state index in [0.717, 1.165) is 18.7 Å². The summed E-state index contributed by atoms with van der Waals surface area (Å²) in [4.78, 5) is 24.7. The van der Waals surface area contributed by atoms with E-state index in [1.54, 1.807) is 15.3 Å². The standard InChI is InChI=1S/C17H24N6O2/c1-12(2)6-10-23-17(25)22-9-7-14(3-4-15(22)21-23)20-16(24)13-5-8-18-19-11-13/h5,8,11-12,14H,3-4,6-7,9-10H2,1-2H3,(H,20,24). The second-order valence-corrected chi connectivity index (χ2v) is 6.88. The summed E-state index contributed by atoms with van der Waals surface area (Å²) < 4.78 is 3.33. The van der Waals surface area contributed by atoms with Gasteiger partial charge in [0.2, 0.25) is 0 Å². The molecular formula is C17H24N6O2. The fraction of sp³-hybridized carbons (Fsp3) is 0.588. The van der Waals surface area contributed by atoms with Crippen molar-refractivity contribution in [2.24, 2.45) is 5.92 Å². The lowest BCUT2D eigenvalue weighted by atomic mass is 10.1. The van der Waals surface area contributed by atoms with Gasteiger partial charge in [-0.2, -0.15) is 15.3 Å². The third-order valence-corrected chi connectivity index (χ3v) is 4.52. The van der Waals surface area contributed by atoms with Crippen molar-refractivity contribution in [3.05, 3.63) is 40.3 Å². The van der Waals surface area contributed by atoms with Crippen LogP contribution in [0.15, 0.2) is 23.3 Å². The molecule has 8 heteroatoms. The van der Waals surface area contributed by atoms with E-state index in [2.05, 4.69) is 34.5 Å². The lowest BCUT2D eigenvalue weighted by molar-refractivity contribution is 0.0932. The summed E-state index contributed by atoms with van der Waals surface area (Å²) in [5, 5.41) is 14.9. The van der Waals surface area contributed by atoms with Gasteiger partial charge in [0.25, 0.3) is 5.91 Å². The first-order valence-electron chi connectivity index (χ1n) is 8.78. The second kappa shape index (κ2) is 7.58. The molecule has 0 aliphatic carbocycles. The number of hydrogen-bond acceptors (Lipinski definition) is 5. The van der Waals surface area contributed by atoms with Gasteiger partial charge >= 0.3 is 5.69 Å². The van der Waals surface area contributed by atoms with Crippen molar-refractivity contribution in [1.82, 2.24) is 29.9 Å². The Labute approximate surface area is 146 Å². The molecular weight excluding hydrogens is 320 g/mol. The Morgan fingerprint density at radius 1 is 1.36 bits per heavy atom. The van der Waals surface area contributed by atoms with Crippen LogP contribution in [-0.2, 0) is 19.5 Å². The highest BCUT2D eigenvalue weighted by atomic mass is 16.2. The third-order valence-electron chi connectivity index (χ3n) is 4.52. The Balaban J connectivity index is 1.63. The molecule has 3 rings (SSSR count). The lowest BCUT2D eigenvalue weighted by Gasteiger charge is -2.15. The van der Waals surface area contributed by atoms with Crippen LogP contribution in [0.2, 0.25) is 0 Å². The van der Waals surface area contributed by atoms with E-state index in [0.29, 0.717) is 37.4 Å². The van der Waals surface area contributed by atoms with Crippen LogP contribution in [0.25, 0.3) is 0 Å². The van der Waals surface area contributed by atoms with Gasteiger partial charge in [0, 0.05) is 25.6 Å². The summed E-state index contributed by atoms with van der Waals surface area (Å²) in [7, 11) is 0. The zero-order valence-electron chi connectivity index (χ0n) is 14.7. The summed E-state index contributed by atoms with van der Waals surface area (Å²) >= 11 is 0. The molecule has 8 nitrogen and oxygen atoms in total. The van der Waals surface area contributed by atoms with E-state index in [-0.39, 0.29) is 17.6 Å². The van der Waals surface area contributed by atoms with E-state index < -0.39 is 0 Å². The maximum Gasteiger partial charge on any atom is 0.345 e. The monoisotopic (exact) mass is 344 g/mol. The first-order valence-corrected chi connectivity index (χ1v) is 8.78. The van der Waals surface area contributed by atoms with Crippen LogP contribution in [-0.4, -0.2) is 36.5 Å². The molecule has 134 valence electrons. The van der Waals surface area contributed by atoms with Gasteiger partial charge in [-0.1, -0.05) is 13.8 Å². The van der Waals surface area contributed by atoms with Gasteiger partial charge in [-0.15, -0.1) is 0 Å². The molecule has 25 heavy (non-hydrogen) atoms. The lowest BCUT2D eigenvalue weighted by Crippen LogP contribution is -2.36. The Morgan fingerprint density at radius 2 is 2.20 bits per heavy atom. The highest BCUT2D eigenvalue weighted by Gasteiger charge is 2.22. The smallest absolute Gasteiger partial charge is 0.345 e. The van der Waals surface area contributed by atoms with Crippen molar-refractivity contribution in [3.8, 4) is 0 Å². The number of aromatic nitrogens is 5. The van der Waals surface area contributed by atoms with Crippen LogP contribution in [0.4, 0.5) is 0 Å². The molecule has 2 aromatic heterocycles. The number of nitrogens with zero attached hydrogens (tertiary/aromatic N) is 5. The number of fused-ring (bicyclic) bond motifs is 1. The normalized spacial score (nSPS) is 17.2. The molecule has 2 aromatic rings. The quantitative estimate of drug-likeness (QED) is 0.874. The number of aryl methyl sites for hydroxylation is 2. The zero-order chi connectivity index (χ0) is 17.8. The third kappa shape index (κ3) is 4.12. The molecule has 0 spiro atoms. The van der Waals surface area contributed by atoms with E-state index in [4.69, 9.17) is 0 Å². The average Bonchev–Trinajstić information content (AvgIpc) is 2.77. The minimum atomic E-state index is -0.159. The first-order chi connectivity index (χ1) is 12.0. The number of rotatable bonds is 5. The fourth-order valence-corrected chi connectivity index (χ4v) is 2.99. The van der Waals surface area contributed by atoms with Crippen molar-refractivity contribution < 1.29 is 4.79 Å². The molecule has 1 aliphatic rings. The Hall–Kier alpha value is -2.51. The van der Waals surface area contributed by atoms with Gasteiger partial charge in [0.05, 0.1) is 18.0 Å². The molecule has 1 amide bonds. The van der Waals surface area contributed by atoms with Crippen LogP contribution < -0.4 is 11.0 Å². The molecule has 3 heterocycles. The average molecular weight is 344 g/mol. The van der Waals surface area contributed by atoms with Crippen LogP contribution in [0.3, 0.4) is 0 Å². The van der Waals surface area contributed by atoms with E-state index in [9.17, 15) is 9.59 Å². The van der Waals surface area contributed by atoms with Crippen LogP contribution >= 0.6 is 0 Å². The SMILES string of the molecule is CC(C)CCn1nc2n(c1=O)CCC(NC(=O)c1ccnnc1)CC2. The molecule has 0 fully saturated rings. The van der Waals surface area contributed by atoms with E-state index >= 15 is 0 Å². The molecule has 0 bridgehead atoms. The maximum atomic E-state index is 12.5. The minimum absolute atomic E-state index is 0.0193. The van der Waals surface area contributed by atoms with E-state index in [1.807, 2.05) is 0 Å². The molecule has 0 radical (unpaired) electrons. The summed E-state index contributed by atoms with van der Waals surface area (Å²) in [6.45, 7) is 5.51. The molecule has 1 N–H and O–H groups in total. The largest absolute Gasteiger partial charge is 0.349 e. The molecule has 0 saturated heterocycles. The Kier molecular flexibility index (Phi) is 5.25. The van der Waals surface area contributed by atoms with Crippen LogP contribution in [0.5, 0.6) is 0 Å². The molecule has 1 unspecified atom stereocenters.